The fourth-order valence-corrected chi connectivity index (χ4v) is 2.53. The van der Waals surface area contributed by atoms with Gasteiger partial charge in [-0.05, 0) is 28.0 Å². The Labute approximate surface area is 129 Å². The van der Waals surface area contributed by atoms with E-state index in [1.165, 1.54) is 0 Å². The molecule has 2 nitrogen and oxygen atoms in total. The molecular weight excluding hydrogens is 268 g/mol. The second-order valence-electron chi connectivity index (χ2n) is 4.88. The van der Waals surface area contributed by atoms with E-state index < -0.39 is 0 Å². The van der Waals surface area contributed by atoms with Crippen molar-refractivity contribution in [1.82, 2.24) is 0 Å². The van der Waals surface area contributed by atoms with Gasteiger partial charge >= 0.3 is 0 Å². The summed E-state index contributed by atoms with van der Waals surface area (Å²) >= 11 is 0. The van der Waals surface area contributed by atoms with Crippen LogP contribution in [0.25, 0.3) is 21.2 Å². The van der Waals surface area contributed by atoms with Crippen LogP contribution >= 0.6 is 0 Å². The highest BCUT2D eigenvalue weighted by Crippen LogP contribution is 2.29. The minimum atomic E-state index is 0.112. The van der Waals surface area contributed by atoms with Crippen molar-refractivity contribution in [3.05, 3.63) is 101 Å². The average molecular weight is 280 g/mol. The Balaban J connectivity index is 2.28. The first kappa shape index (κ1) is 13.6. The van der Waals surface area contributed by atoms with Crippen LogP contribution < -0.4 is 0 Å². The molecule has 0 aliphatic carbocycles. The Morgan fingerprint density at radius 1 is 0.818 bits per heavy atom. The summed E-state index contributed by atoms with van der Waals surface area (Å²) in [6.07, 6.45) is 0. The van der Waals surface area contributed by atoms with Crippen molar-refractivity contribution in [2.24, 2.45) is 0 Å². The first-order chi connectivity index (χ1) is 10.8. The van der Waals surface area contributed by atoms with Gasteiger partial charge in [0.15, 0.2) is 0 Å². The summed E-state index contributed by atoms with van der Waals surface area (Å²) in [4.78, 5) is 3.41. The molecule has 102 valence electrons. The molecule has 0 fully saturated rings. The van der Waals surface area contributed by atoms with Gasteiger partial charge in [-0.25, -0.2) is 10.1 Å². The maximum Gasteiger partial charge on any atom is 0.270 e. The number of fused-ring (bicyclic) bond motifs is 1. The Bertz CT molecular complexity index is 923. The standard InChI is InChI=1S/C20H12N2/c1-22-19(14-21)20(16-8-3-2-4-9-16)18-12-11-15-7-5-6-10-17(15)13-18/h2-13H/b20-19+. The Kier molecular flexibility index (Phi) is 3.69. The van der Waals surface area contributed by atoms with E-state index in [9.17, 15) is 5.26 Å². The zero-order valence-corrected chi connectivity index (χ0v) is 11.8. The van der Waals surface area contributed by atoms with Gasteiger partial charge in [0.2, 0.25) is 0 Å². The lowest BCUT2D eigenvalue weighted by atomic mass is 9.94. The normalized spacial score (nSPS) is 11.4. The topological polar surface area (TPSA) is 28.1 Å². The third-order valence-corrected chi connectivity index (χ3v) is 3.56. The second-order valence-corrected chi connectivity index (χ2v) is 4.88. The van der Waals surface area contributed by atoms with Gasteiger partial charge in [-0.3, -0.25) is 0 Å². The number of nitrogens with zero attached hydrogens (tertiary/aromatic N) is 2. The van der Waals surface area contributed by atoms with Gasteiger partial charge in [0.1, 0.15) is 0 Å². The molecule has 0 bridgehead atoms. The van der Waals surface area contributed by atoms with Crippen molar-refractivity contribution >= 4 is 16.3 Å². The minimum Gasteiger partial charge on any atom is -0.226 e. The number of rotatable bonds is 2. The molecule has 0 aromatic heterocycles. The number of nitriles is 1. The fourth-order valence-electron chi connectivity index (χ4n) is 2.53. The maximum absolute atomic E-state index is 9.31. The first-order valence-electron chi connectivity index (χ1n) is 6.90. The molecule has 0 saturated heterocycles. The summed E-state index contributed by atoms with van der Waals surface area (Å²) in [5.74, 6) is 0. The van der Waals surface area contributed by atoms with Crippen LogP contribution in [-0.2, 0) is 0 Å². The predicted molar refractivity (Wildman–Crippen MR) is 88.6 cm³/mol. The molecule has 0 saturated carbocycles. The van der Waals surface area contributed by atoms with Crippen LogP contribution in [0.2, 0.25) is 0 Å². The largest absolute Gasteiger partial charge is 0.270 e. The quantitative estimate of drug-likeness (QED) is 0.477. The SMILES string of the molecule is [C-]#[N+]/C(C#N)=C(\c1ccccc1)c1ccc2ccccc2c1. The van der Waals surface area contributed by atoms with Gasteiger partial charge in [-0.15, -0.1) is 0 Å². The van der Waals surface area contributed by atoms with Gasteiger partial charge in [-0.2, -0.15) is 0 Å². The van der Waals surface area contributed by atoms with Gasteiger partial charge in [0, 0.05) is 5.57 Å². The van der Waals surface area contributed by atoms with Gasteiger partial charge < -0.3 is 0 Å². The third-order valence-electron chi connectivity index (χ3n) is 3.56. The van der Waals surface area contributed by atoms with Crippen molar-refractivity contribution in [2.45, 2.75) is 0 Å². The molecular formula is C20H12N2. The van der Waals surface area contributed by atoms with Crippen molar-refractivity contribution in [3.8, 4) is 6.07 Å². The molecule has 0 atom stereocenters. The van der Waals surface area contributed by atoms with E-state index in [4.69, 9.17) is 6.57 Å². The summed E-state index contributed by atoms with van der Waals surface area (Å²) in [6, 6.07) is 25.7. The predicted octanol–water partition coefficient (Wildman–Crippen LogP) is 5.04. The van der Waals surface area contributed by atoms with Crippen LogP contribution in [0, 0.1) is 17.9 Å². The van der Waals surface area contributed by atoms with Crippen molar-refractivity contribution in [1.29, 1.82) is 5.26 Å². The van der Waals surface area contributed by atoms with Crippen LogP contribution in [0.3, 0.4) is 0 Å². The lowest BCUT2D eigenvalue weighted by Gasteiger charge is -2.10. The van der Waals surface area contributed by atoms with E-state index in [-0.39, 0.29) is 5.70 Å². The molecule has 0 unspecified atom stereocenters. The fraction of sp³-hybridized carbons (Fsp3) is 0. The molecule has 0 radical (unpaired) electrons. The van der Waals surface area contributed by atoms with Crippen LogP contribution in [0.15, 0.2) is 78.5 Å². The second kappa shape index (κ2) is 5.95. The highest BCUT2D eigenvalue weighted by Gasteiger charge is 2.12. The van der Waals surface area contributed by atoms with Crippen molar-refractivity contribution < 1.29 is 0 Å². The van der Waals surface area contributed by atoms with E-state index >= 15 is 0 Å². The van der Waals surface area contributed by atoms with E-state index in [2.05, 4.69) is 4.85 Å². The van der Waals surface area contributed by atoms with E-state index in [0.29, 0.717) is 5.57 Å². The van der Waals surface area contributed by atoms with E-state index in [1.807, 2.05) is 78.9 Å². The molecule has 0 amide bonds. The molecule has 3 aromatic rings. The van der Waals surface area contributed by atoms with Crippen LogP contribution in [-0.4, -0.2) is 0 Å². The van der Waals surface area contributed by atoms with Crippen molar-refractivity contribution in [3.63, 3.8) is 0 Å². The first-order valence-corrected chi connectivity index (χ1v) is 6.90. The Hall–Kier alpha value is -3.36. The molecule has 0 aliphatic rings. The number of benzene rings is 3. The monoisotopic (exact) mass is 280 g/mol. The molecule has 22 heavy (non-hydrogen) atoms. The Morgan fingerprint density at radius 2 is 1.50 bits per heavy atom. The highest BCUT2D eigenvalue weighted by atomic mass is 14.7. The van der Waals surface area contributed by atoms with Crippen LogP contribution in [0.1, 0.15) is 11.1 Å². The van der Waals surface area contributed by atoms with Gasteiger partial charge in [0.25, 0.3) is 5.70 Å². The van der Waals surface area contributed by atoms with Gasteiger partial charge in [-0.1, -0.05) is 66.7 Å². The molecule has 0 heterocycles. The molecule has 0 N–H and O–H groups in total. The molecule has 0 aliphatic heterocycles. The summed E-state index contributed by atoms with van der Waals surface area (Å²) in [5, 5.41) is 11.5. The minimum absolute atomic E-state index is 0.112. The average Bonchev–Trinajstić information content (AvgIpc) is 2.60. The summed E-state index contributed by atoms with van der Waals surface area (Å²) in [6.45, 7) is 7.30. The summed E-state index contributed by atoms with van der Waals surface area (Å²) in [5.41, 5.74) is 2.56. The van der Waals surface area contributed by atoms with Crippen molar-refractivity contribution in [2.75, 3.05) is 0 Å². The summed E-state index contributed by atoms with van der Waals surface area (Å²) in [7, 11) is 0. The summed E-state index contributed by atoms with van der Waals surface area (Å²) < 4.78 is 0. The zero-order chi connectivity index (χ0) is 15.4. The highest BCUT2D eigenvalue weighted by molar-refractivity contribution is 5.91. The third kappa shape index (κ3) is 2.46. The van der Waals surface area contributed by atoms with Gasteiger partial charge in [0.05, 0.1) is 12.6 Å². The molecule has 3 rings (SSSR count). The molecule has 3 aromatic carbocycles. The van der Waals surface area contributed by atoms with Crippen LogP contribution in [0.5, 0.6) is 0 Å². The lowest BCUT2D eigenvalue weighted by molar-refractivity contribution is 1.47. The smallest absolute Gasteiger partial charge is 0.226 e. The lowest BCUT2D eigenvalue weighted by Crippen LogP contribution is -1.91. The van der Waals surface area contributed by atoms with Crippen LogP contribution in [0.4, 0.5) is 0 Å². The molecule has 2 heteroatoms. The maximum atomic E-state index is 9.31. The van der Waals surface area contributed by atoms with E-state index in [0.717, 1.165) is 21.9 Å². The Morgan fingerprint density at radius 3 is 2.18 bits per heavy atom. The number of allylic oxidation sites excluding steroid dienone is 1. The molecule has 0 spiro atoms. The number of hydrogen-bond acceptors (Lipinski definition) is 1. The zero-order valence-electron chi connectivity index (χ0n) is 11.8. The number of hydrogen-bond donors (Lipinski definition) is 0. The van der Waals surface area contributed by atoms with E-state index in [1.54, 1.807) is 0 Å².